The van der Waals surface area contributed by atoms with Gasteiger partial charge in [-0.25, -0.2) is 10.8 Å². The number of hydrogen-bond acceptors (Lipinski definition) is 4. The Bertz CT molecular complexity index is 317. The van der Waals surface area contributed by atoms with Crippen molar-refractivity contribution in [2.24, 2.45) is 5.84 Å². The quantitative estimate of drug-likeness (QED) is 0.414. The van der Waals surface area contributed by atoms with Crippen LogP contribution in [0.1, 0.15) is 46.0 Å². The Kier molecular flexibility index (Phi) is 6.40. The zero-order valence-electron chi connectivity index (χ0n) is 10.8. The van der Waals surface area contributed by atoms with Crippen LogP contribution in [0.2, 0.25) is 0 Å². The first-order valence-corrected chi connectivity index (χ1v) is 6.35. The highest BCUT2D eigenvalue weighted by molar-refractivity contribution is 5.39. The maximum absolute atomic E-state index is 5.80. The van der Waals surface area contributed by atoms with Crippen molar-refractivity contribution in [2.45, 2.75) is 52.1 Å². The monoisotopic (exact) mass is 237 g/mol. The van der Waals surface area contributed by atoms with Gasteiger partial charge in [0.25, 0.3) is 0 Å². The summed E-state index contributed by atoms with van der Waals surface area (Å²) in [5.41, 5.74) is 2.51. The minimum atomic E-state index is 0.236. The van der Waals surface area contributed by atoms with E-state index in [2.05, 4.69) is 24.3 Å². The van der Waals surface area contributed by atoms with Crippen molar-refractivity contribution in [1.82, 2.24) is 4.98 Å². The van der Waals surface area contributed by atoms with Crippen LogP contribution in [-0.4, -0.2) is 11.1 Å². The van der Waals surface area contributed by atoms with E-state index in [0.29, 0.717) is 5.82 Å². The lowest BCUT2D eigenvalue weighted by Crippen LogP contribution is -2.13. The summed E-state index contributed by atoms with van der Waals surface area (Å²) in [6.45, 7) is 4.32. The molecular weight excluding hydrogens is 214 g/mol. The van der Waals surface area contributed by atoms with Gasteiger partial charge < -0.3 is 10.2 Å². The molecule has 0 aliphatic rings. The molecule has 1 aromatic rings. The summed E-state index contributed by atoms with van der Waals surface area (Å²) in [6, 6.07) is 3.66. The van der Waals surface area contributed by atoms with Crippen molar-refractivity contribution in [3.05, 3.63) is 18.3 Å². The van der Waals surface area contributed by atoms with E-state index in [1.165, 1.54) is 25.7 Å². The van der Waals surface area contributed by atoms with E-state index in [-0.39, 0.29) is 6.10 Å². The molecule has 0 radical (unpaired) electrons. The minimum Gasteiger partial charge on any atom is -0.491 e. The maximum Gasteiger partial charge on any atom is 0.143 e. The molecule has 0 amide bonds. The Morgan fingerprint density at radius 2 is 2.24 bits per heavy atom. The Morgan fingerprint density at radius 1 is 1.41 bits per heavy atom. The second kappa shape index (κ2) is 7.90. The molecule has 4 nitrogen and oxygen atoms in total. The SMILES string of the molecule is CCCCCCC(C)Oc1ccnc(NN)c1. The van der Waals surface area contributed by atoms with E-state index in [0.717, 1.165) is 12.2 Å². The third-order valence-electron chi connectivity index (χ3n) is 2.68. The smallest absolute Gasteiger partial charge is 0.143 e. The van der Waals surface area contributed by atoms with Gasteiger partial charge in [0.05, 0.1) is 6.10 Å². The van der Waals surface area contributed by atoms with Crippen LogP contribution in [0, 0.1) is 0 Å². The molecule has 96 valence electrons. The average Bonchev–Trinajstić information content (AvgIpc) is 2.35. The molecule has 1 unspecified atom stereocenters. The van der Waals surface area contributed by atoms with E-state index in [4.69, 9.17) is 10.6 Å². The van der Waals surface area contributed by atoms with E-state index in [1.54, 1.807) is 6.20 Å². The fourth-order valence-corrected chi connectivity index (χ4v) is 1.71. The molecule has 1 aromatic heterocycles. The second-order valence-corrected chi connectivity index (χ2v) is 4.30. The number of hydrazine groups is 1. The number of anilines is 1. The Balaban J connectivity index is 2.31. The second-order valence-electron chi connectivity index (χ2n) is 4.30. The molecule has 0 fully saturated rings. The molecule has 0 saturated heterocycles. The predicted octanol–water partition coefficient (Wildman–Crippen LogP) is 3.10. The molecule has 0 bridgehead atoms. The van der Waals surface area contributed by atoms with E-state index >= 15 is 0 Å². The summed E-state index contributed by atoms with van der Waals surface area (Å²) >= 11 is 0. The molecule has 4 heteroatoms. The van der Waals surface area contributed by atoms with Gasteiger partial charge in [0.1, 0.15) is 11.6 Å². The van der Waals surface area contributed by atoms with Gasteiger partial charge >= 0.3 is 0 Å². The fourth-order valence-electron chi connectivity index (χ4n) is 1.71. The van der Waals surface area contributed by atoms with Gasteiger partial charge in [0.2, 0.25) is 0 Å². The zero-order valence-corrected chi connectivity index (χ0v) is 10.8. The summed E-state index contributed by atoms with van der Waals surface area (Å²) in [6.07, 6.45) is 8.11. The largest absolute Gasteiger partial charge is 0.491 e. The lowest BCUT2D eigenvalue weighted by atomic mass is 10.1. The Labute approximate surface area is 104 Å². The molecule has 0 aliphatic heterocycles. The lowest BCUT2D eigenvalue weighted by Gasteiger charge is -2.14. The van der Waals surface area contributed by atoms with Gasteiger partial charge in [0.15, 0.2) is 0 Å². The summed E-state index contributed by atoms with van der Waals surface area (Å²) in [5.74, 6) is 6.74. The first-order valence-electron chi connectivity index (χ1n) is 6.35. The number of nitrogen functional groups attached to an aromatic ring is 1. The summed E-state index contributed by atoms with van der Waals surface area (Å²) in [7, 11) is 0. The maximum atomic E-state index is 5.80. The first-order chi connectivity index (χ1) is 8.26. The van der Waals surface area contributed by atoms with E-state index < -0.39 is 0 Å². The van der Waals surface area contributed by atoms with Gasteiger partial charge in [-0.3, -0.25) is 0 Å². The van der Waals surface area contributed by atoms with Gasteiger partial charge in [0, 0.05) is 12.3 Å². The van der Waals surface area contributed by atoms with Crippen molar-refractivity contribution in [1.29, 1.82) is 0 Å². The predicted molar refractivity (Wildman–Crippen MR) is 70.9 cm³/mol. The van der Waals surface area contributed by atoms with Crippen LogP contribution in [0.15, 0.2) is 18.3 Å². The number of ether oxygens (including phenoxy) is 1. The van der Waals surface area contributed by atoms with Gasteiger partial charge in [-0.1, -0.05) is 26.2 Å². The highest BCUT2D eigenvalue weighted by Gasteiger charge is 2.04. The number of nitrogens with zero attached hydrogens (tertiary/aromatic N) is 1. The Hall–Kier alpha value is -1.29. The average molecular weight is 237 g/mol. The molecule has 1 rings (SSSR count). The molecule has 3 N–H and O–H groups in total. The number of hydrogen-bond donors (Lipinski definition) is 2. The van der Waals surface area contributed by atoms with Crippen molar-refractivity contribution in [3.8, 4) is 5.75 Å². The van der Waals surface area contributed by atoms with Crippen molar-refractivity contribution in [3.63, 3.8) is 0 Å². The van der Waals surface area contributed by atoms with Crippen LogP contribution in [-0.2, 0) is 0 Å². The van der Waals surface area contributed by atoms with E-state index in [9.17, 15) is 0 Å². The van der Waals surface area contributed by atoms with Crippen LogP contribution in [0.3, 0.4) is 0 Å². The van der Waals surface area contributed by atoms with Crippen molar-refractivity contribution >= 4 is 5.82 Å². The number of pyridine rings is 1. The van der Waals surface area contributed by atoms with Gasteiger partial charge in [-0.05, 0) is 25.8 Å². The first kappa shape index (κ1) is 13.8. The number of nitrogens with two attached hydrogens (primary N) is 1. The number of nitrogens with one attached hydrogen (secondary N) is 1. The molecule has 0 spiro atoms. The minimum absolute atomic E-state index is 0.236. The summed E-state index contributed by atoms with van der Waals surface area (Å²) in [4.78, 5) is 4.04. The van der Waals surface area contributed by atoms with Crippen molar-refractivity contribution in [2.75, 3.05) is 5.43 Å². The van der Waals surface area contributed by atoms with Crippen LogP contribution in [0.5, 0.6) is 5.75 Å². The fraction of sp³-hybridized carbons (Fsp3) is 0.615. The topological polar surface area (TPSA) is 60.2 Å². The molecular formula is C13H23N3O. The van der Waals surface area contributed by atoms with Crippen LogP contribution >= 0.6 is 0 Å². The molecule has 1 heterocycles. The molecule has 0 saturated carbocycles. The van der Waals surface area contributed by atoms with Crippen LogP contribution < -0.4 is 16.0 Å². The standard InChI is InChI=1S/C13H23N3O/c1-3-4-5-6-7-11(2)17-12-8-9-15-13(10-12)16-14/h8-11H,3-7,14H2,1-2H3,(H,15,16). The molecule has 17 heavy (non-hydrogen) atoms. The summed E-state index contributed by atoms with van der Waals surface area (Å²) < 4.78 is 5.80. The van der Waals surface area contributed by atoms with Crippen LogP contribution in [0.25, 0.3) is 0 Å². The highest BCUT2D eigenvalue weighted by atomic mass is 16.5. The third-order valence-corrected chi connectivity index (χ3v) is 2.68. The van der Waals surface area contributed by atoms with Gasteiger partial charge in [-0.15, -0.1) is 0 Å². The molecule has 1 atom stereocenters. The van der Waals surface area contributed by atoms with Crippen LogP contribution in [0.4, 0.5) is 5.82 Å². The van der Waals surface area contributed by atoms with Crippen molar-refractivity contribution < 1.29 is 4.74 Å². The number of rotatable bonds is 8. The number of unbranched alkanes of at least 4 members (excludes halogenated alkanes) is 3. The summed E-state index contributed by atoms with van der Waals surface area (Å²) in [5, 5.41) is 0. The molecule has 0 aromatic carbocycles. The normalized spacial score (nSPS) is 12.2. The zero-order chi connectivity index (χ0) is 12.5. The van der Waals surface area contributed by atoms with E-state index in [1.807, 2.05) is 12.1 Å². The molecule has 0 aliphatic carbocycles. The number of aromatic nitrogens is 1. The third kappa shape index (κ3) is 5.54. The highest BCUT2D eigenvalue weighted by Crippen LogP contribution is 2.17. The Morgan fingerprint density at radius 3 is 2.94 bits per heavy atom. The van der Waals surface area contributed by atoms with Gasteiger partial charge in [-0.2, -0.15) is 0 Å². The lowest BCUT2D eigenvalue weighted by molar-refractivity contribution is 0.206.